The van der Waals surface area contributed by atoms with Gasteiger partial charge in [-0.05, 0) is 54.4 Å². The molecule has 1 amide bonds. The van der Waals surface area contributed by atoms with E-state index in [0.29, 0.717) is 29.0 Å². The first-order valence-electron chi connectivity index (χ1n) is 11.0. The van der Waals surface area contributed by atoms with Crippen molar-refractivity contribution >= 4 is 11.6 Å². The van der Waals surface area contributed by atoms with Crippen LogP contribution in [0, 0.1) is 0 Å². The predicted octanol–water partition coefficient (Wildman–Crippen LogP) is 2.07. The lowest BCUT2D eigenvalue weighted by atomic mass is 10.1. The summed E-state index contributed by atoms with van der Waals surface area (Å²) in [6.07, 6.45) is -0.287. The SMILES string of the molecule is O=C(Nc1ccc(C[C@@H](CO)NC[C@H](O)COc2ccc(O)c(CO)c2)cc1)c1ccccc1. The summed E-state index contributed by atoms with van der Waals surface area (Å²) in [5.74, 6) is 0.230. The maximum atomic E-state index is 12.3. The molecule has 0 unspecified atom stereocenters. The smallest absolute Gasteiger partial charge is 0.255 e. The van der Waals surface area contributed by atoms with Crippen LogP contribution >= 0.6 is 0 Å². The molecule has 0 aliphatic carbocycles. The zero-order valence-electron chi connectivity index (χ0n) is 18.7. The van der Waals surface area contributed by atoms with Gasteiger partial charge in [-0.25, -0.2) is 0 Å². The summed E-state index contributed by atoms with van der Waals surface area (Å²) in [4.78, 5) is 12.3. The van der Waals surface area contributed by atoms with Crippen LogP contribution in [0.3, 0.4) is 0 Å². The second-order valence-electron chi connectivity index (χ2n) is 7.92. The zero-order chi connectivity index (χ0) is 24.3. The van der Waals surface area contributed by atoms with Crippen molar-refractivity contribution in [2.45, 2.75) is 25.2 Å². The van der Waals surface area contributed by atoms with Gasteiger partial charge in [0.2, 0.25) is 0 Å². The molecule has 2 atom stereocenters. The van der Waals surface area contributed by atoms with E-state index < -0.39 is 6.10 Å². The van der Waals surface area contributed by atoms with Crippen LogP contribution in [-0.4, -0.2) is 58.2 Å². The average Bonchev–Trinajstić information content (AvgIpc) is 2.87. The highest BCUT2D eigenvalue weighted by Gasteiger charge is 2.13. The molecule has 8 nitrogen and oxygen atoms in total. The van der Waals surface area contributed by atoms with Crippen LogP contribution in [0.1, 0.15) is 21.5 Å². The monoisotopic (exact) mass is 466 g/mol. The van der Waals surface area contributed by atoms with E-state index in [-0.39, 0.29) is 44.1 Å². The molecule has 0 bridgehead atoms. The lowest BCUT2D eigenvalue weighted by molar-refractivity contribution is 0.0995. The van der Waals surface area contributed by atoms with Gasteiger partial charge in [0.05, 0.1) is 13.2 Å². The van der Waals surface area contributed by atoms with Gasteiger partial charge in [0.15, 0.2) is 0 Å². The summed E-state index contributed by atoms with van der Waals surface area (Å²) >= 11 is 0. The van der Waals surface area contributed by atoms with Crippen LogP contribution in [0.5, 0.6) is 11.5 Å². The van der Waals surface area contributed by atoms with Crippen molar-refractivity contribution < 1.29 is 30.0 Å². The molecule has 0 aliphatic rings. The minimum atomic E-state index is -0.823. The van der Waals surface area contributed by atoms with Gasteiger partial charge in [0.25, 0.3) is 5.91 Å². The number of carbonyl (C=O) groups is 1. The van der Waals surface area contributed by atoms with Crippen LogP contribution in [0.2, 0.25) is 0 Å². The van der Waals surface area contributed by atoms with Gasteiger partial charge in [0.1, 0.15) is 24.2 Å². The minimum Gasteiger partial charge on any atom is -0.508 e. The lowest BCUT2D eigenvalue weighted by Crippen LogP contribution is -2.41. The number of amides is 1. The number of nitrogens with one attached hydrogen (secondary N) is 2. The Morgan fingerprint density at radius 2 is 1.71 bits per heavy atom. The third-order valence-electron chi connectivity index (χ3n) is 5.26. The van der Waals surface area contributed by atoms with Crippen molar-refractivity contribution in [3.63, 3.8) is 0 Å². The molecular weight excluding hydrogens is 436 g/mol. The molecule has 0 saturated heterocycles. The van der Waals surface area contributed by atoms with Crippen molar-refractivity contribution in [1.82, 2.24) is 5.32 Å². The van der Waals surface area contributed by atoms with E-state index in [9.17, 15) is 25.2 Å². The molecule has 0 aliphatic heterocycles. The van der Waals surface area contributed by atoms with Gasteiger partial charge >= 0.3 is 0 Å². The molecule has 0 saturated carbocycles. The van der Waals surface area contributed by atoms with Crippen LogP contribution in [0.25, 0.3) is 0 Å². The van der Waals surface area contributed by atoms with Crippen molar-refractivity contribution in [2.75, 3.05) is 25.1 Å². The third-order valence-corrected chi connectivity index (χ3v) is 5.26. The van der Waals surface area contributed by atoms with Crippen molar-refractivity contribution in [2.24, 2.45) is 0 Å². The Hall–Kier alpha value is -3.43. The molecule has 34 heavy (non-hydrogen) atoms. The molecule has 0 fully saturated rings. The maximum Gasteiger partial charge on any atom is 0.255 e. The Labute approximate surface area is 198 Å². The van der Waals surface area contributed by atoms with Gasteiger partial charge in [-0.1, -0.05) is 30.3 Å². The summed E-state index contributed by atoms with van der Waals surface area (Å²) in [6, 6.07) is 20.6. The van der Waals surface area contributed by atoms with Gasteiger partial charge in [-0.15, -0.1) is 0 Å². The topological polar surface area (TPSA) is 131 Å². The van der Waals surface area contributed by atoms with E-state index >= 15 is 0 Å². The summed E-state index contributed by atoms with van der Waals surface area (Å²) < 4.78 is 5.52. The van der Waals surface area contributed by atoms with E-state index in [2.05, 4.69) is 10.6 Å². The normalized spacial score (nSPS) is 12.7. The highest BCUT2D eigenvalue weighted by molar-refractivity contribution is 6.04. The van der Waals surface area contributed by atoms with Crippen LogP contribution in [0.4, 0.5) is 5.69 Å². The Morgan fingerprint density at radius 1 is 0.971 bits per heavy atom. The Kier molecular flexibility index (Phi) is 9.42. The molecule has 0 heterocycles. The number of carbonyl (C=O) groups excluding carboxylic acids is 1. The zero-order valence-corrected chi connectivity index (χ0v) is 18.7. The van der Waals surface area contributed by atoms with Crippen molar-refractivity contribution in [3.05, 3.63) is 89.5 Å². The van der Waals surface area contributed by atoms with Crippen molar-refractivity contribution in [1.29, 1.82) is 0 Å². The van der Waals surface area contributed by atoms with E-state index in [1.54, 1.807) is 18.2 Å². The van der Waals surface area contributed by atoms with Crippen LogP contribution in [0.15, 0.2) is 72.8 Å². The van der Waals surface area contributed by atoms with Crippen LogP contribution in [-0.2, 0) is 13.0 Å². The van der Waals surface area contributed by atoms with E-state index in [0.717, 1.165) is 5.56 Å². The number of anilines is 1. The summed E-state index contributed by atoms with van der Waals surface area (Å²) in [5, 5.41) is 44.7. The van der Waals surface area contributed by atoms with Crippen LogP contribution < -0.4 is 15.4 Å². The van der Waals surface area contributed by atoms with Gasteiger partial charge < -0.3 is 35.8 Å². The number of benzene rings is 3. The molecule has 3 rings (SSSR count). The quantitative estimate of drug-likeness (QED) is 0.241. The highest BCUT2D eigenvalue weighted by atomic mass is 16.5. The number of aromatic hydroxyl groups is 1. The second-order valence-corrected chi connectivity index (χ2v) is 7.92. The number of aliphatic hydroxyl groups excluding tert-OH is 3. The first-order valence-corrected chi connectivity index (χ1v) is 11.0. The molecule has 6 N–H and O–H groups in total. The van der Waals surface area contributed by atoms with Gasteiger partial charge in [-0.3, -0.25) is 4.79 Å². The molecule has 0 spiro atoms. The minimum absolute atomic E-state index is 0.0105. The average molecular weight is 467 g/mol. The van der Waals surface area contributed by atoms with Crippen molar-refractivity contribution in [3.8, 4) is 11.5 Å². The summed E-state index contributed by atoms with van der Waals surface area (Å²) in [7, 11) is 0. The highest BCUT2D eigenvalue weighted by Crippen LogP contribution is 2.23. The molecule has 0 radical (unpaired) electrons. The molecule has 3 aromatic rings. The Morgan fingerprint density at radius 3 is 2.38 bits per heavy atom. The fourth-order valence-corrected chi connectivity index (χ4v) is 3.34. The Balaban J connectivity index is 1.44. The van der Waals surface area contributed by atoms with Gasteiger partial charge in [-0.2, -0.15) is 0 Å². The van der Waals surface area contributed by atoms with E-state index in [1.165, 1.54) is 12.1 Å². The number of rotatable bonds is 12. The number of hydrogen-bond acceptors (Lipinski definition) is 7. The molecule has 8 heteroatoms. The lowest BCUT2D eigenvalue weighted by Gasteiger charge is -2.19. The number of phenols is 1. The summed E-state index contributed by atoms with van der Waals surface area (Å²) in [5.41, 5.74) is 2.57. The molecule has 0 aromatic heterocycles. The second kappa shape index (κ2) is 12.7. The number of hydrogen-bond donors (Lipinski definition) is 6. The first kappa shape index (κ1) is 25.2. The predicted molar refractivity (Wildman–Crippen MR) is 129 cm³/mol. The van der Waals surface area contributed by atoms with E-state index in [1.807, 2.05) is 42.5 Å². The van der Waals surface area contributed by atoms with Gasteiger partial charge in [0, 0.05) is 29.4 Å². The fourth-order valence-electron chi connectivity index (χ4n) is 3.34. The molecule has 180 valence electrons. The van der Waals surface area contributed by atoms with E-state index in [4.69, 9.17) is 4.74 Å². The standard InChI is InChI=1S/C26H30N2O6/c29-15-20-13-24(10-11-25(20)32)34-17-23(31)14-27-22(16-30)12-18-6-8-21(9-7-18)28-26(33)19-4-2-1-3-5-19/h1-11,13,22-23,27,29-32H,12,14-17H2,(H,28,33)/t22-,23-/m0/s1. The largest absolute Gasteiger partial charge is 0.508 e. The third kappa shape index (κ3) is 7.57. The fraction of sp³-hybridized carbons (Fsp3) is 0.269. The first-order chi connectivity index (χ1) is 16.5. The number of aliphatic hydroxyl groups is 3. The summed E-state index contributed by atoms with van der Waals surface area (Å²) in [6.45, 7) is -0.207. The maximum absolute atomic E-state index is 12.3. The number of ether oxygens (including phenoxy) is 1. The molecular formula is C26H30N2O6. The Bertz CT molecular complexity index is 1040. The molecule has 3 aromatic carbocycles.